The third kappa shape index (κ3) is 3.13. The number of thiophene rings is 1. The Morgan fingerprint density at radius 2 is 1.85 bits per heavy atom. The van der Waals surface area contributed by atoms with Gasteiger partial charge in [0.15, 0.2) is 0 Å². The number of hydrogen-bond donors (Lipinski definition) is 1. The molecule has 4 aromatic rings. The van der Waals surface area contributed by atoms with E-state index in [4.69, 9.17) is 5.10 Å². The number of rotatable bonds is 5. The first-order valence-corrected chi connectivity index (χ1v) is 9.45. The third-order valence-electron chi connectivity index (χ3n) is 4.42. The van der Waals surface area contributed by atoms with Gasteiger partial charge in [0.05, 0.1) is 12.1 Å². The summed E-state index contributed by atoms with van der Waals surface area (Å²) in [7, 11) is 0. The summed E-state index contributed by atoms with van der Waals surface area (Å²) >= 11 is 1.64. The molecule has 2 aromatic heterocycles. The molecule has 0 aliphatic rings. The molecule has 130 valence electrons. The summed E-state index contributed by atoms with van der Waals surface area (Å²) in [5.74, 6) is -0.0359. The molecule has 2 aromatic carbocycles. The maximum atomic E-state index is 12.7. The van der Waals surface area contributed by atoms with Crippen LogP contribution in [0.15, 0.2) is 72.1 Å². The minimum absolute atomic E-state index is 0.0359. The van der Waals surface area contributed by atoms with Gasteiger partial charge in [0.2, 0.25) is 5.91 Å². The minimum Gasteiger partial charge on any atom is -0.349 e. The van der Waals surface area contributed by atoms with Gasteiger partial charge in [-0.15, -0.1) is 11.3 Å². The van der Waals surface area contributed by atoms with Crippen molar-refractivity contribution in [2.24, 2.45) is 0 Å². The number of benzene rings is 2. The van der Waals surface area contributed by atoms with E-state index in [2.05, 4.69) is 11.4 Å². The van der Waals surface area contributed by atoms with Gasteiger partial charge in [-0.2, -0.15) is 5.10 Å². The molecule has 0 radical (unpaired) electrons. The standard InChI is InChI=1S/C21H19N3OS/c1-15(21(25)22-14-17-10-7-13-26-17)24-19-12-6-5-11-18(19)20(23-24)16-8-3-2-4-9-16/h2-13,15H,14H2,1H3,(H,22,25)/t15-/m0/s1. The van der Waals surface area contributed by atoms with E-state index in [0.717, 1.165) is 27.0 Å². The Balaban J connectivity index is 1.66. The lowest BCUT2D eigenvalue weighted by Gasteiger charge is -2.13. The molecule has 0 saturated heterocycles. The Morgan fingerprint density at radius 1 is 1.08 bits per heavy atom. The molecule has 1 N–H and O–H groups in total. The summed E-state index contributed by atoms with van der Waals surface area (Å²) in [6.45, 7) is 2.43. The minimum atomic E-state index is -0.391. The van der Waals surface area contributed by atoms with Crippen LogP contribution in [0.25, 0.3) is 22.2 Å². The molecule has 0 spiro atoms. The van der Waals surface area contributed by atoms with E-state index in [-0.39, 0.29) is 5.91 Å². The molecule has 0 aliphatic heterocycles. The summed E-state index contributed by atoms with van der Waals surface area (Å²) in [4.78, 5) is 13.8. The monoisotopic (exact) mass is 361 g/mol. The average Bonchev–Trinajstić information content (AvgIpc) is 3.34. The number of carbonyl (C=O) groups is 1. The smallest absolute Gasteiger partial charge is 0.244 e. The molecule has 0 unspecified atom stereocenters. The van der Waals surface area contributed by atoms with E-state index in [1.165, 1.54) is 0 Å². The van der Waals surface area contributed by atoms with Gasteiger partial charge >= 0.3 is 0 Å². The Kier molecular flexibility index (Phi) is 4.54. The number of aromatic nitrogens is 2. The lowest BCUT2D eigenvalue weighted by Crippen LogP contribution is -2.30. The van der Waals surface area contributed by atoms with Crippen LogP contribution < -0.4 is 5.32 Å². The van der Waals surface area contributed by atoms with Crippen molar-refractivity contribution in [1.82, 2.24) is 15.1 Å². The average molecular weight is 361 g/mol. The van der Waals surface area contributed by atoms with Gasteiger partial charge < -0.3 is 5.32 Å². The lowest BCUT2D eigenvalue weighted by molar-refractivity contribution is -0.124. The van der Waals surface area contributed by atoms with Crippen LogP contribution in [-0.4, -0.2) is 15.7 Å². The topological polar surface area (TPSA) is 46.9 Å². The number of para-hydroxylation sites is 1. The zero-order chi connectivity index (χ0) is 17.9. The predicted octanol–water partition coefficient (Wildman–Crippen LogP) is 4.64. The second-order valence-corrected chi connectivity index (χ2v) is 7.18. The first-order valence-electron chi connectivity index (χ1n) is 8.57. The van der Waals surface area contributed by atoms with Crippen molar-refractivity contribution in [2.75, 3.05) is 0 Å². The number of fused-ring (bicyclic) bond motifs is 1. The fourth-order valence-corrected chi connectivity index (χ4v) is 3.68. The molecule has 26 heavy (non-hydrogen) atoms. The van der Waals surface area contributed by atoms with Crippen molar-refractivity contribution < 1.29 is 4.79 Å². The lowest BCUT2D eigenvalue weighted by atomic mass is 10.1. The van der Waals surface area contributed by atoms with Gasteiger partial charge in [-0.3, -0.25) is 9.48 Å². The molecule has 4 rings (SSSR count). The van der Waals surface area contributed by atoms with Gasteiger partial charge in [-0.1, -0.05) is 54.6 Å². The molecule has 5 heteroatoms. The highest BCUT2D eigenvalue weighted by Crippen LogP contribution is 2.29. The number of nitrogens with zero attached hydrogens (tertiary/aromatic N) is 2. The molecule has 0 aliphatic carbocycles. The largest absolute Gasteiger partial charge is 0.349 e. The van der Waals surface area contributed by atoms with Crippen LogP contribution in [0.5, 0.6) is 0 Å². The molecule has 0 bridgehead atoms. The molecular formula is C21H19N3OS. The summed E-state index contributed by atoms with van der Waals surface area (Å²) in [6.07, 6.45) is 0. The molecule has 1 amide bonds. The van der Waals surface area contributed by atoms with Gasteiger partial charge in [-0.25, -0.2) is 0 Å². The van der Waals surface area contributed by atoms with Crippen molar-refractivity contribution in [3.05, 3.63) is 77.0 Å². The predicted molar refractivity (Wildman–Crippen MR) is 106 cm³/mol. The molecule has 0 fully saturated rings. The van der Waals surface area contributed by atoms with Crippen molar-refractivity contribution in [3.63, 3.8) is 0 Å². The van der Waals surface area contributed by atoms with Crippen molar-refractivity contribution in [3.8, 4) is 11.3 Å². The summed E-state index contributed by atoms with van der Waals surface area (Å²) in [5.41, 5.74) is 2.91. The van der Waals surface area contributed by atoms with Crippen LogP contribution in [0.4, 0.5) is 0 Å². The maximum absolute atomic E-state index is 12.7. The molecule has 2 heterocycles. The normalized spacial score (nSPS) is 12.2. The zero-order valence-electron chi connectivity index (χ0n) is 14.4. The Bertz CT molecular complexity index is 1020. The van der Waals surface area contributed by atoms with Crippen LogP contribution in [0.2, 0.25) is 0 Å². The van der Waals surface area contributed by atoms with Gasteiger partial charge in [-0.05, 0) is 24.4 Å². The van der Waals surface area contributed by atoms with E-state index in [0.29, 0.717) is 6.54 Å². The van der Waals surface area contributed by atoms with Crippen molar-refractivity contribution in [1.29, 1.82) is 0 Å². The number of nitrogens with one attached hydrogen (secondary N) is 1. The highest BCUT2D eigenvalue weighted by Gasteiger charge is 2.20. The van der Waals surface area contributed by atoms with E-state index < -0.39 is 6.04 Å². The number of carbonyl (C=O) groups excluding carboxylic acids is 1. The summed E-state index contributed by atoms with van der Waals surface area (Å²) < 4.78 is 1.82. The van der Waals surface area contributed by atoms with Crippen LogP contribution in [0.1, 0.15) is 17.8 Å². The fourth-order valence-electron chi connectivity index (χ4n) is 3.04. The maximum Gasteiger partial charge on any atom is 0.244 e. The number of amides is 1. The molecule has 0 saturated carbocycles. The van der Waals surface area contributed by atoms with Gasteiger partial charge in [0.25, 0.3) is 0 Å². The Morgan fingerprint density at radius 3 is 2.62 bits per heavy atom. The quantitative estimate of drug-likeness (QED) is 0.563. The van der Waals surface area contributed by atoms with Gasteiger partial charge in [0, 0.05) is 15.8 Å². The fraction of sp³-hybridized carbons (Fsp3) is 0.143. The van der Waals surface area contributed by atoms with E-state index in [1.54, 1.807) is 11.3 Å². The van der Waals surface area contributed by atoms with Crippen LogP contribution in [0, 0.1) is 0 Å². The Hall–Kier alpha value is -2.92. The molecular weight excluding hydrogens is 342 g/mol. The first kappa shape index (κ1) is 16.5. The van der Waals surface area contributed by atoms with Gasteiger partial charge in [0.1, 0.15) is 11.7 Å². The summed E-state index contributed by atoms with van der Waals surface area (Å²) in [5, 5.41) is 10.9. The van der Waals surface area contributed by atoms with E-state index in [9.17, 15) is 4.79 Å². The summed E-state index contributed by atoms with van der Waals surface area (Å²) in [6, 6.07) is 21.7. The number of hydrogen-bond acceptors (Lipinski definition) is 3. The van der Waals surface area contributed by atoms with Crippen molar-refractivity contribution in [2.45, 2.75) is 19.5 Å². The van der Waals surface area contributed by atoms with Crippen LogP contribution in [-0.2, 0) is 11.3 Å². The highest BCUT2D eigenvalue weighted by atomic mass is 32.1. The van der Waals surface area contributed by atoms with Crippen LogP contribution >= 0.6 is 11.3 Å². The van der Waals surface area contributed by atoms with Crippen LogP contribution in [0.3, 0.4) is 0 Å². The second kappa shape index (κ2) is 7.14. The SMILES string of the molecule is C[C@@H](C(=O)NCc1cccs1)n1nc(-c2ccccc2)c2ccccc21. The Labute approximate surface area is 156 Å². The third-order valence-corrected chi connectivity index (χ3v) is 5.30. The molecule has 1 atom stereocenters. The highest BCUT2D eigenvalue weighted by molar-refractivity contribution is 7.09. The van der Waals surface area contributed by atoms with E-state index >= 15 is 0 Å². The first-order chi connectivity index (χ1) is 12.7. The van der Waals surface area contributed by atoms with Crippen molar-refractivity contribution >= 4 is 28.1 Å². The zero-order valence-corrected chi connectivity index (χ0v) is 15.2. The van der Waals surface area contributed by atoms with E-state index in [1.807, 2.05) is 77.6 Å². The second-order valence-electron chi connectivity index (χ2n) is 6.15. The molecule has 4 nitrogen and oxygen atoms in total.